The maximum Gasteiger partial charge on any atom is 0.253 e. The quantitative estimate of drug-likeness (QED) is 0.806. The molecule has 0 aromatic heterocycles. The summed E-state index contributed by atoms with van der Waals surface area (Å²) >= 11 is 1.63. The minimum atomic E-state index is -2.56. The van der Waals surface area contributed by atoms with E-state index in [1.54, 1.807) is 11.8 Å². The fourth-order valence-electron chi connectivity index (χ4n) is 4.65. The zero-order valence-corrected chi connectivity index (χ0v) is 12.7. The zero-order valence-electron chi connectivity index (χ0n) is 11.9. The lowest BCUT2D eigenvalue weighted by atomic mass is 9.92. The second kappa shape index (κ2) is 4.67. The highest BCUT2D eigenvalue weighted by atomic mass is 32.2. The molecule has 0 radical (unpaired) electrons. The number of carbonyl (C=O) groups excluding carboxylic acids is 1. The molecule has 1 heterocycles. The molecule has 21 heavy (non-hydrogen) atoms. The number of thioether (sulfide) groups is 1. The number of hydrogen-bond acceptors (Lipinski definition) is 3. The van der Waals surface area contributed by atoms with Gasteiger partial charge in [0.05, 0.1) is 6.04 Å². The summed E-state index contributed by atoms with van der Waals surface area (Å²) in [5, 5.41) is 3.41. The van der Waals surface area contributed by atoms with E-state index in [0.29, 0.717) is 18.0 Å². The minimum Gasteiger partial charge on any atom is -0.305 e. The fourth-order valence-corrected chi connectivity index (χ4v) is 6.11. The number of aliphatic imine (C=N–C) groups is 1. The highest BCUT2D eigenvalue weighted by Crippen LogP contribution is 2.55. The first kappa shape index (κ1) is 14.0. The van der Waals surface area contributed by atoms with Gasteiger partial charge in [0.1, 0.15) is 0 Å². The molecular formula is C15H20F2N2OS. The summed E-state index contributed by atoms with van der Waals surface area (Å²) in [5.41, 5.74) is 0. The molecule has 2 bridgehead atoms. The summed E-state index contributed by atoms with van der Waals surface area (Å²) in [4.78, 5) is 16.5. The molecule has 4 fully saturated rings. The Balaban J connectivity index is 1.54. The molecule has 116 valence electrons. The van der Waals surface area contributed by atoms with Crippen LogP contribution in [0.15, 0.2) is 4.99 Å². The Morgan fingerprint density at radius 1 is 1.24 bits per heavy atom. The van der Waals surface area contributed by atoms with Crippen LogP contribution in [-0.4, -0.2) is 27.8 Å². The second-order valence-corrected chi connectivity index (χ2v) is 8.58. The van der Waals surface area contributed by atoms with Gasteiger partial charge in [-0.05, 0) is 31.6 Å². The lowest BCUT2D eigenvalue weighted by Gasteiger charge is -2.34. The van der Waals surface area contributed by atoms with Crippen molar-refractivity contribution in [2.75, 3.05) is 0 Å². The Morgan fingerprint density at radius 3 is 2.67 bits per heavy atom. The smallest absolute Gasteiger partial charge is 0.253 e. The Labute approximate surface area is 127 Å². The van der Waals surface area contributed by atoms with Gasteiger partial charge in [-0.15, -0.1) is 0 Å². The molecule has 0 aromatic carbocycles. The Kier molecular flexibility index (Phi) is 3.11. The van der Waals surface area contributed by atoms with Gasteiger partial charge in [-0.25, -0.2) is 8.78 Å². The molecule has 4 rings (SSSR count). The number of rotatable bonds is 1. The third-order valence-corrected chi connectivity index (χ3v) is 6.96. The number of amidine groups is 1. The van der Waals surface area contributed by atoms with Gasteiger partial charge in [-0.1, -0.05) is 24.6 Å². The molecule has 1 spiro atoms. The Hall–Kier alpha value is -0.650. The van der Waals surface area contributed by atoms with Gasteiger partial charge in [-0.2, -0.15) is 0 Å². The van der Waals surface area contributed by atoms with E-state index in [0.717, 1.165) is 32.1 Å². The van der Waals surface area contributed by atoms with Gasteiger partial charge >= 0.3 is 0 Å². The van der Waals surface area contributed by atoms with Crippen molar-refractivity contribution in [1.82, 2.24) is 5.32 Å². The first-order valence-corrected chi connectivity index (χ1v) is 8.72. The molecule has 1 saturated heterocycles. The number of nitrogens with one attached hydrogen (secondary N) is 1. The second-order valence-electron chi connectivity index (χ2n) is 7.13. The third kappa shape index (κ3) is 2.39. The maximum atomic E-state index is 13.9. The van der Waals surface area contributed by atoms with Crippen LogP contribution in [-0.2, 0) is 4.79 Å². The standard InChI is InChI=1S/C15H20F2N2OS/c16-15(17)7-9-5-10(15)11(6-9)18-13-19-12(20)8-14(21-13)3-1-2-4-14/h9-11H,1-8H2,(H,18,19,20). The number of halogens is 2. The summed E-state index contributed by atoms with van der Waals surface area (Å²) in [6, 6.07) is -0.307. The first-order valence-electron chi connectivity index (χ1n) is 7.90. The molecule has 3 nitrogen and oxygen atoms in total. The molecule has 3 saturated carbocycles. The molecule has 1 aliphatic heterocycles. The highest BCUT2D eigenvalue weighted by Gasteiger charge is 2.57. The van der Waals surface area contributed by atoms with Crippen molar-refractivity contribution >= 4 is 22.8 Å². The van der Waals surface area contributed by atoms with E-state index >= 15 is 0 Å². The van der Waals surface area contributed by atoms with Crippen molar-refractivity contribution in [1.29, 1.82) is 0 Å². The van der Waals surface area contributed by atoms with Crippen LogP contribution < -0.4 is 5.32 Å². The maximum absolute atomic E-state index is 13.9. The number of amides is 1. The fraction of sp³-hybridized carbons (Fsp3) is 0.867. The first-order chi connectivity index (χ1) is 9.96. The van der Waals surface area contributed by atoms with Crippen LogP contribution in [0.1, 0.15) is 51.4 Å². The molecule has 6 heteroatoms. The number of nitrogens with zero attached hydrogens (tertiary/aromatic N) is 1. The molecule has 1 amide bonds. The number of fused-ring (bicyclic) bond motifs is 2. The van der Waals surface area contributed by atoms with Crippen LogP contribution in [0, 0.1) is 11.8 Å². The monoisotopic (exact) mass is 314 g/mol. The third-order valence-electron chi connectivity index (χ3n) is 5.57. The van der Waals surface area contributed by atoms with Crippen LogP contribution in [0.4, 0.5) is 8.78 Å². The van der Waals surface area contributed by atoms with Gasteiger partial charge in [0.2, 0.25) is 5.91 Å². The lowest BCUT2D eigenvalue weighted by molar-refractivity contribution is -0.120. The zero-order chi connectivity index (χ0) is 14.7. The van der Waals surface area contributed by atoms with Crippen LogP contribution in [0.5, 0.6) is 0 Å². The molecule has 0 aromatic rings. The summed E-state index contributed by atoms with van der Waals surface area (Å²) in [6.07, 6.45) is 6.31. The molecular weight excluding hydrogens is 294 g/mol. The Bertz CT molecular complexity index is 502. The van der Waals surface area contributed by atoms with E-state index in [1.807, 2.05) is 0 Å². The van der Waals surface area contributed by atoms with Crippen molar-refractivity contribution in [3.05, 3.63) is 0 Å². The lowest BCUT2D eigenvalue weighted by Crippen LogP contribution is -2.44. The Morgan fingerprint density at radius 2 is 2.00 bits per heavy atom. The van der Waals surface area contributed by atoms with E-state index in [-0.39, 0.29) is 29.0 Å². The number of carbonyl (C=O) groups is 1. The summed E-state index contributed by atoms with van der Waals surface area (Å²) in [7, 11) is 0. The van der Waals surface area contributed by atoms with Crippen molar-refractivity contribution in [2.45, 2.75) is 68.1 Å². The van der Waals surface area contributed by atoms with Crippen LogP contribution >= 0.6 is 11.8 Å². The van der Waals surface area contributed by atoms with E-state index in [9.17, 15) is 13.6 Å². The SMILES string of the molecule is O=C1CC2(CCCC2)SC(=NC2CC3CC2C(F)(F)C3)N1. The van der Waals surface area contributed by atoms with Gasteiger partial charge in [0, 0.05) is 23.5 Å². The van der Waals surface area contributed by atoms with Gasteiger partial charge in [-0.3, -0.25) is 9.79 Å². The van der Waals surface area contributed by atoms with E-state index in [4.69, 9.17) is 0 Å². The van der Waals surface area contributed by atoms with Crippen LogP contribution in [0.2, 0.25) is 0 Å². The molecule has 4 aliphatic rings. The van der Waals surface area contributed by atoms with E-state index in [1.165, 1.54) is 0 Å². The number of hydrogen-bond donors (Lipinski definition) is 1. The average molecular weight is 314 g/mol. The van der Waals surface area contributed by atoms with Crippen LogP contribution in [0.25, 0.3) is 0 Å². The van der Waals surface area contributed by atoms with E-state index < -0.39 is 11.8 Å². The average Bonchev–Trinajstić information content (AvgIpc) is 3.02. The van der Waals surface area contributed by atoms with Crippen LogP contribution in [0.3, 0.4) is 0 Å². The van der Waals surface area contributed by atoms with Crippen molar-refractivity contribution < 1.29 is 13.6 Å². The summed E-state index contributed by atoms with van der Waals surface area (Å²) in [6.45, 7) is 0. The predicted octanol–water partition coefficient (Wildman–Crippen LogP) is 3.34. The number of alkyl halides is 2. The van der Waals surface area contributed by atoms with E-state index in [2.05, 4.69) is 10.3 Å². The normalized spacial score (nSPS) is 41.9. The summed E-state index contributed by atoms with van der Waals surface area (Å²) in [5.74, 6) is -3.06. The van der Waals surface area contributed by atoms with Crippen molar-refractivity contribution in [3.8, 4) is 0 Å². The van der Waals surface area contributed by atoms with Gasteiger partial charge < -0.3 is 5.32 Å². The molecule has 3 aliphatic carbocycles. The predicted molar refractivity (Wildman–Crippen MR) is 78.6 cm³/mol. The molecule has 3 unspecified atom stereocenters. The molecule has 3 atom stereocenters. The topological polar surface area (TPSA) is 41.5 Å². The van der Waals surface area contributed by atoms with Gasteiger partial charge in [0.25, 0.3) is 5.92 Å². The van der Waals surface area contributed by atoms with Gasteiger partial charge in [0.15, 0.2) is 5.17 Å². The molecule has 1 N–H and O–H groups in total. The highest BCUT2D eigenvalue weighted by molar-refractivity contribution is 8.15. The van der Waals surface area contributed by atoms with Crippen molar-refractivity contribution in [3.63, 3.8) is 0 Å². The minimum absolute atomic E-state index is 0.00400. The van der Waals surface area contributed by atoms with Crippen molar-refractivity contribution in [2.24, 2.45) is 16.8 Å². The summed E-state index contributed by atoms with van der Waals surface area (Å²) < 4.78 is 27.7. The largest absolute Gasteiger partial charge is 0.305 e.